The second-order valence-corrected chi connectivity index (χ2v) is 6.39. The van der Waals surface area contributed by atoms with E-state index in [1.54, 1.807) is 12.1 Å². The van der Waals surface area contributed by atoms with Crippen molar-refractivity contribution in [3.05, 3.63) is 54.1 Å². The lowest BCUT2D eigenvalue weighted by molar-refractivity contribution is -0.114. The van der Waals surface area contributed by atoms with Crippen LogP contribution in [0.15, 0.2) is 48.5 Å². The molecule has 6 heteroatoms. The van der Waals surface area contributed by atoms with Crippen molar-refractivity contribution in [1.29, 1.82) is 0 Å². The van der Waals surface area contributed by atoms with E-state index >= 15 is 0 Å². The van der Waals surface area contributed by atoms with Gasteiger partial charge in [-0.25, -0.2) is 4.79 Å². The summed E-state index contributed by atoms with van der Waals surface area (Å²) in [4.78, 5) is 23.3. The molecular weight excluding hydrogens is 330 g/mol. The molecule has 0 aromatic heterocycles. The minimum Gasteiger partial charge on any atom is -0.491 e. The van der Waals surface area contributed by atoms with Crippen LogP contribution in [-0.2, 0) is 11.3 Å². The van der Waals surface area contributed by atoms with Crippen LogP contribution in [0.4, 0.5) is 16.2 Å². The predicted octanol–water partition coefficient (Wildman–Crippen LogP) is 4.00. The van der Waals surface area contributed by atoms with Crippen LogP contribution in [0.3, 0.4) is 0 Å². The van der Waals surface area contributed by atoms with Gasteiger partial charge < -0.3 is 20.7 Å². The van der Waals surface area contributed by atoms with Crippen LogP contribution < -0.4 is 20.7 Å². The summed E-state index contributed by atoms with van der Waals surface area (Å²) in [6.07, 6.45) is 0. The Hall–Kier alpha value is -3.02. The molecule has 0 saturated heterocycles. The fraction of sp³-hybridized carbons (Fsp3) is 0.300. The van der Waals surface area contributed by atoms with Crippen molar-refractivity contribution in [3.8, 4) is 5.75 Å². The van der Waals surface area contributed by atoms with Crippen molar-refractivity contribution in [2.24, 2.45) is 5.92 Å². The van der Waals surface area contributed by atoms with Crippen molar-refractivity contribution in [2.75, 3.05) is 17.2 Å². The summed E-state index contributed by atoms with van der Waals surface area (Å²) in [5, 5.41) is 8.33. The number of anilines is 2. The lowest BCUT2D eigenvalue weighted by Gasteiger charge is -2.14. The highest BCUT2D eigenvalue weighted by Crippen LogP contribution is 2.24. The van der Waals surface area contributed by atoms with Gasteiger partial charge in [0, 0.05) is 19.2 Å². The highest BCUT2D eigenvalue weighted by Gasteiger charge is 2.08. The van der Waals surface area contributed by atoms with Crippen molar-refractivity contribution in [2.45, 2.75) is 27.3 Å². The molecule has 0 atom stereocenters. The van der Waals surface area contributed by atoms with E-state index in [1.165, 1.54) is 6.92 Å². The molecule has 0 fully saturated rings. The van der Waals surface area contributed by atoms with Crippen molar-refractivity contribution in [3.63, 3.8) is 0 Å². The number of urea groups is 1. The molecule has 2 aromatic rings. The average Bonchev–Trinajstić information content (AvgIpc) is 2.59. The minimum absolute atomic E-state index is 0.133. The first-order chi connectivity index (χ1) is 12.4. The van der Waals surface area contributed by atoms with Gasteiger partial charge in [-0.15, -0.1) is 0 Å². The molecule has 6 nitrogen and oxygen atoms in total. The quantitative estimate of drug-likeness (QED) is 0.702. The van der Waals surface area contributed by atoms with Gasteiger partial charge in [-0.1, -0.05) is 38.1 Å². The van der Waals surface area contributed by atoms with E-state index in [9.17, 15) is 9.59 Å². The number of benzene rings is 2. The standard InChI is InChI=1S/C20H25N3O3/c1-14(2)13-26-19-10-5-4-9-18(19)23-20(25)21-12-16-7-6-8-17(11-16)22-15(3)24/h4-11,14H,12-13H2,1-3H3,(H,22,24)(H2,21,23,25). The summed E-state index contributed by atoms with van der Waals surface area (Å²) >= 11 is 0. The first-order valence-corrected chi connectivity index (χ1v) is 8.57. The molecule has 0 unspecified atom stereocenters. The van der Waals surface area contributed by atoms with E-state index in [-0.39, 0.29) is 11.9 Å². The highest BCUT2D eigenvalue weighted by molar-refractivity contribution is 5.91. The molecule has 3 N–H and O–H groups in total. The van der Waals surface area contributed by atoms with Crippen LogP contribution in [0.5, 0.6) is 5.75 Å². The number of carbonyl (C=O) groups excluding carboxylic acids is 2. The summed E-state index contributed by atoms with van der Waals surface area (Å²) in [5.74, 6) is 0.905. The Morgan fingerprint density at radius 3 is 2.54 bits per heavy atom. The van der Waals surface area contributed by atoms with Gasteiger partial charge in [-0.3, -0.25) is 4.79 Å². The monoisotopic (exact) mass is 355 g/mol. The molecule has 3 amide bonds. The van der Waals surface area contributed by atoms with Crippen molar-refractivity contribution < 1.29 is 14.3 Å². The third kappa shape index (κ3) is 6.47. The summed E-state index contributed by atoms with van der Waals surface area (Å²) < 4.78 is 5.73. The highest BCUT2D eigenvalue weighted by atomic mass is 16.5. The third-order valence-corrected chi connectivity index (χ3v) is 3.41. The summed E-state index contributed by atoms with van der Waals surface area (Å²) in [5.41, 5.74) is 2.21. The Labute approximate surface area is 153 Å². The Morgan fingerprint density at radius 2 is 1.81 bits per heavy atom. The zero-order chi connectivity index (χ0) is 18.9. The largest absolute Gasteiger partial charge is 0.491 e. The van der Waals surface area contributed by atoms with Gasteiger partial charge in [0.2, 0.25) is 5.91 Å². The second kappa shape index (κ2) is 9.46. The minimum atomic E-state index is -0.324. The molecule has 26 heavy (non-hydrogen) atoms. The molecule has 138 valence electrons. The van der Waals surface area contributed by atoms with Gasteiger partial charge >= 0.3 is 6.03 Å². The van der Waals surface area contributed by atoms with Gasteiger partial charge in [0.25, 0.3) is 0 Å². The van der Waals surface area contributed by atoms with Gasteiger partial charge in [-0.2, -0.15) is 0 Å². The van der Waals surface area contributed by atoms with E-state index in [1.807, 2.05) is 36.4 Å². The summed E-state index contributed by atoms with van der Waals surface area (Å²) in [6, 6.07) is 14.3. The molecule has 0 radical (unpaired) electrons. The molecule has 2 aromatic carbocycles. The first kappa shape index (κ1) is 19.3. The van der Waals surface area contributed by atoms with E-state index in [0.29, 0.717) is 36.2 Å². The summed E-state index contributed by atoms with van der Waals surface area (Å²) in [7, 11) is 0. The van der Waals surface area contributed by atoms with Crippen LogP contribution in [0, 0.1) is 5.92 Å². The van der Waals surface area contributed by atoms with Gasteiger partial charge in [0.15, 0.2) is 0 Å². The number of hydrogen-bond donors (Lipinski definition) is 3. The number of rotatable bonds is 7. The maximum absolute atomic E-state index is 12.2. The zero-order valence-corrected chi connectivity index (χ0v) is 15.3. The molecule has 0 aliphatic heterocycles. The Bertz CT molecular complexity index is 759. The third-order valence-electron chi connectivity index (χ3n) is 3.41. The van der Waals surface area contributed by atoms with Crippen molar-refractivity contribution >= 4 is 23.3 Å². The number of carbonyl (C=O) groups is 2. The maximum Gasteiger partial charge on any atom is 0.319 e. The molecule has 0 saturated carbocycles. The van der Waals surface area contributed by atoms with E-state index in [0.717, 1.165) is 5.56 Å². The fourth-order valence-electron chi connectivity index (χ4n) is 2.26. The Kier molecular flexibility index (Phi) is 7.02. The molecule has 0 heterocycles. The van der Waals surface area contributed by atoms with Crippen molar-refractivity contribution in [1.82, 2.24) is 5.32 Å². The molecular formula is C20H25N3O3. The zero-order valence-electron chi connectivity index (χ0n) is 15.3. The van der Waals surface area contributed by atoms with E-state index < -0.39 is 0 Å². The lowest BCUT2D eigenvalue weighted by atomic mass is 10.2. The maximum atomic E-state index is 12.2. The molecule has 0 bridgehead atoms. The lowest BCUT2D eigenvalue weighted by Crippen LogP contribution is -2.28. The van der Waals surface area contributed by atoms with Gasteiger partial charge in [-0.05, 0) is 35.7 Å². The smallest absolute Gasteiger partial charge is 0.319 e. The molecule has 0 aliphatic carbocycles. The first-order valence-electron chi connectivity index (χ1n) is 8.57. The Balaban J connectivity index is 1.92. The molecule has 2 rings (SSSR count). The number of para-hydroxylation sites is 2. The second-order valence-electron chi connectivity index (χ2n) is 6.39. The normalized spacial score (nSPS) is 10.3. The van der Waals surface area contributed by atoms with Crippen LogP contribution in [0.25, 0.3) is 0 Å². The molecule has 0 aliphatic rings. The van der Waals surface area contributed by atoms with E-state index in [4.69, 9.17) is 4.74 Å². The topological polar surface area (TPSA) is 79.5 Å². The van der Waals surface area contributed by atoms with Gasteiger partial charge in [0.05, 0.1) is 12.3 Å². The SMILES string of the molecule is CC(=O)Nc1cccc(CNC(=O)Nc2ccccc2OCC(C)C)c1. The predicted molar refractivity (Wildman–Crippen MR) is 103 cm³/mol. The van der Waals surface area contributed by atoms with Crippen LogP contribution in [0.1, 0.15) is 26.3 Å². The van der Waals surface area contributed by atoms with Crippen LogP contribution in [-0.4, -0.2) is 18.5 Å². The summed E-state index contributed by atoms with van der Waals surface area (Å²) in [6.45, 7) is 6.51. The number of amides is 3. The van der Waals surface area contributed by atoms with E-state index in [2.05, 4.69) is 29.8 Å². The van der Waals surface area contributed by atoms with Crippen LogP contribution in [0.2, 0.25) is 0 Å². The Morgan fingerprint density at radius 1 is 1.04 bits per heavy atom. The van der Waals surface area contributed by atoms with Gasteiger partial charge in [0.1, 0.15) is 5.75 Å². The van der Waals surface area contributed by atoms with Crippen LogP contribution >= 0.6 is 0 Å². The average molecular weight is 355 g/mol. The number of ether oxygens (including phenoxy) is 1. The number of hydrogen-bond acceptors (Lipinski definition) is 3. The number of nitrogens with one attached hydrogen (secondary N) is 3. The molecule has 0 spiro atoms. The fourth-order valence-corrected chi connectivity index (χ4v) is 2.26.